The van der Waals surface area contributed by atoms with Crippen LogP contribution in [0.2, 0.25) is 0 Å². The molecule has 0 bridgehead atoms. The van der Waals surface area contributed by atoms with Crippen LogP contribution in [0.3, 0.4) is 0 Å². The SMILES string of the molecule is O=C1COc2c(cccc2C(=O)NN=C(c2ccccc2)c2ccccc2)N1. The average molecular weight is 371 g/mol. The van der Waals surface area contributed by atoms with Gasteiger partial charge in [-0.15, -0.1) is 0 Å². The highest BCUT2D eigenvalue weighted by Crippen LogP contribution is 2.31. The number of anilines is 1. The van der Waals surface area contributed by atoms with Crippen LogP contribution in [-0.2, 0) is 4.79 Å². The number of nitrogens with zero attached hydrogens (tertiary/aromatic N) is 1. The number of hydrazone groups is 1. The number of amides is 2. The summed E-state index contributed by atoms with van der Waals surface area (Å²) in [6, 6.07) is 24.2. The summed E-state index contributed by atoms with van der Waals surface area (Å²) in [6.07, 6.45) is 0. The Hall–Kier alpha value is -3.93. The average Bonchev–Trinajstić information content (AvgIpc) is 2.74. The molecule has 2 N–H and O–H groups in total. The first kappa shape index (κ1) is 17.5. The van der Waals surface area contributed by atoms with Crippen molar-refractivity contribution < 1.29 is 14.3 Å². The van der Waals surface area contributed by atoms with Crippen molar-refractivity contribution in [2.75, 3.05) is 11.9 Å². The molecule has 0 atom stereocenters. The molecule has 1 aliphatic rings. The molecule has 0 saturated heterocycles. The molecule has 4 rings (SSSR count). The van der Waals surface area contributed by atoms with Crippen LogP contribution in [0.5, 0.6) is 5.75 Å². The Morgan fingerprint density at radius 3 is 2.18 bits per heavy atom. The molecule has 138 valence electrons. The molecular weight excluding hydrogens is 354 g/mol. The molecule has 3 aromatic carbocycles. The predicted octanol–water partition coefficient (Wildman–Crippen LogP) is 3.20. The van der Waals surface area contributed by atoms with Crippen LogP contribution in [0.4, 0.5) is 5.69 Å². The van der Waals surface area contributed by atoms with Gasteiger partial charge in [-0.3, -0.25) is 9.59 Å². The van der Waals surface area contributed by atoms with Gasteiger partial charge in [-0.2, -0.15) is 5.10 Å². The first-order chi connectivity index (χ1) is 13.7. The molecule has 0 aromatic heterocycles. The normalized spacial score (nSPS) is 12.2. The first-order valence-electron chi connectivity index (χ1n) is 8.77. The van der Waals surface area contributed by atoms with Crippen molar-refractivity contribution in [3.8, 4) is 5.75 Å². The number of hydrogen-bond donors (Lipinski definition) is 2. The Morgan fingerprint density at radius 1 is 0.893 bits per heavy atom. The summed E-state index contributed by atoms with van der Waals surface area (Å²) in [5.41, 5.74) is 5.80. The second-order valence-electron chi connectivity index (χ2n) is 6.15. The number of fused-ring (bicyclic) bond motifs is 1. The lowest BCUT2D eigenvalue weighted by Crippen LogP contribution is -2.28. The number of para-hydroxylation sites is 1. The van der Waals surface area contributed by atoms with Crippen molar-refractivity contribution >= 4 is 23.2 Å². The van der Waals surface area contributed by atoms with E-state index in [4.69, 9.17) is 4.74 Å². The van der Waals surface area contributed by atoms with E-state index >= 15 is 0 Å². The number of nitrogens with one attached hydrogen (secondary N) is 2. The van der Waals surface area contributed by atoms with Gasteiger partial charge in [0.2, 0.25) is 0 Å². The van der Waals surface area contributed by atoms with Crippen molar-refractivity contribution in [1.29, 1.82) is 0 Å². The third kappa shape index (κ3) is 3.61. The van der Waals surface area contributed by atoms with E-state index in [1.807, 2.05) is 60.7 Å². The Morgan fingerprint density at radius 2 is 1.54 bits per heavy atom. The number of carbonyl (C=O) groups is 2. The van der Waals surface area contributed by atoms with E-state index in [1.165, 1.54) is 0 Å². The maximum absolute atomic E-state index is 12.8. The van der Waals surface area contributed by atoms with Crippen LogP contribution >= 0.6 is 0 Å². The zero-order chi connectivity index (χ0) is 19.3. The molecule has 0 fully saturated rings. The summed E-state index contributed by atoms with van der Waals surface area (Å²) in [5, 5.41) is 7.07. The molecule has 6 heteroatoms. The predicted molar refractivity (Wildman–Crippen MR) is 107 cm³/mol. The number of hydrogen-bond acceptors (Lipinski definition) is 4. The van der Waals surface area contributed by atoms with E-state index in [1.54, 1.807) is 18.2 Å². The molecular formula is C22H17N3O3. The lowest BCUT2D eigenvalue weighted by atomic mass is 10.0. The Kier molecular flexibility index (Phi) is 4.84. The van der Waals surface area contributed by atoms with Gasteiger partial charge in [0, 0.05) is 11.1 Å². The third-order valence-electron chi connectivity index (χ3n) is 4.25. The molecule has 28 heavy (non-hydrogen) atoms. The Balaban J connectivity index is 1.66. The van der Waals surface area contributed by atoms with Gasteiger partial charge >= 0.3 is 0 Å². The highest BCUT2D eigenvalue weighted by Gasteiger charge is 2.22. The molecule has 6 nitrogen and oxygen atoms in total. The number of benzene rings is 3. The summed E-state index contributed by atoms with van der Waals surface area (Å²) < 4.78 is 5.44. The molecule has 1 aliphatic heterocycles. The fraction of sp³-hybridized carbons (Fsp3) is 0.0455. The second kappa shape index (κ2) is 7.75. The second-order valence-corrected chi connectivity index (χ2v) is 6.15. The molecule has 0 aliphatic carbocycles. The monoisotopic (exact) mass is 371 g/mol. The van der Waals surface area contributed by atoms with Crippen molar-refractivity contribution in [3.63, 3.8) is 0 Å². The summed E-state index contributed by atoms with van der Waals surface area (Å²) in [6.45, 7) is -0.125. The lowest BCUT2D eigenvalue weighted by Gasteiger charge is -2.19. The quantitative estimate of drug-likeness (QED) is 0.546. The summed E-state index contributed by atoms with van der Waals surface area (Å²) in [5.74, 6) is -0.327. The van der Waals surface area contributed by atoms with Gasteiger partial charge in [-0.1, -0.05) is 66.7 Å². The van der Waals surface area contributed by atoms with E-state index < -0.39 is 5.91 Å². The molecule has 0 saturated carbocycles. The van der Waals surface area contributed by atoms with Gasteiger partial charge in [0.1, 0.15) is 0 Å². The van der Waals surface area contributed by atoms with Crippen LogP contribution in [0, 0.1) is 0 Å². The standard InChI is InChI=1S/C22H17N3O3/c26-19-14-28-21-17(12-7-13-18(21)23-19)22(27)25-24-20(15-8-3-1-4-9-15)16-10-5-2-6-11-16/h1-13H,14H2,(H,23,26)(H,25,27). The summed E-state index contributed by atoms with van der Waals surface area (Å²) >= 11 is 0. The van der Waals surface area contributed by atoms with E-state index in [0.717, 1.165) is 11.1 Å². The maximum Gasteiger partial charge on any atom is 0.275 e. The van der Waals surface area contributed by atoms with E-state index in [2.05, 4.69) is 15.8 Å². The van der Waals surface area contributed by atoms with E-state index in [9.17, 15) is 9.59 Å². The number of ether oxygens (including phenoxy) is 1. The van der Waals surface area contributed by atoms with Gasteiger partial charge in [0.15, 0.2) is 12.4 Å². The van der Waals surface area contributed by atoms with E-state index in [-0.39, 0.29) is 12.5 Å². The smallest absolute Gasteiger partial charge is 0.275 e. The van der Waals surface area contributed by atoms with E-state index in [0.29, 0.717) is 22.7 Å². The molecule has 3 aromatic rings. The fourth-order valence-electron chi connectivity index (χ4n) is 2.95. The molecule has 0 radical (unpaired) electrons. The van der Waals surface area contributed by atoms with Gasteiger partial charge in [0.05, 0.1) is 17.0 Å². The van der Waals surface area contributed by atoms with Crippen molar-refractivity contribution in [3.05, 3.63) is 95.6 Å². The topological polar surface area (TPSA) is 79.8 Å². The molecule has 1 heterocycles. The summed E-state index contributed by atoms with van der Waals surface area (Å²) in [7, 11) is 0. The lowest BCUT2D eigenvalue weighted by molar-refractivity contribution is -0.118. The highest BCUT2D eigenvalue weighted by molar-refractivity contribution is 6.13. The molecule has 2 amide bonds. The maximum atomic E-state index is 12.8. The van der Waals surface area contributed by atoms with Crippen LogP contribution < -0.4 is 15.5 Å². The van der Waals surface area contributed by atoms with Crippen molar-refractivity contribution in [1.82, 2.24) is 5.43 Å². The van der Waals surface area contributed by atoms with Crippen LogP contribution in [0.1, 0.15) is 21.5 Å². The van der Waals surface area contributed by atoms with Gasteiger partial charge < -0.3 is 10.1 Å². The van der Waals surface area contributed by atoms with Crippen LogP contribution in [0.25, 0.3) is 0 Å². The Labute approximate surface area is 161 Å². The minimum atomic E-state index is -0.419. The van der Waals surface area contributed by atoms with Gasteiger partial charge in [-0.25, -0.2) is 5.43 Å². The van der Waals surface area contributed by atoms with Crippen molar-refractivity contribution in [2.24, 2.45) is 5.10 Å². The van der Waals surface area contributed by atoms with Crippen molar-refractivity contribution in [2.45, 2.75) is 0 Å². The van der Waals surface area contributed by atoms with Gasteiger partial charge in [-0.05, 0) is 12.1 Å². The first-order valence-corrected chi connectivity index (χ1v) is 8.77. The highest BCUT2D eigenvalue weighted by atomic mass is 16.5. The zero-order valence-electron chi connectivity index (χ0n) is 14.9. The number of rotatable bonds is 4. The molecule has 0 spiro atoms. The zero-order valence-corrected chi connectivity index (χ0v) is 14.9. The minimum absolute atomic E-state index is 0.125. The third-order valence-corrected chi connectivity index (χ3v) is 4.25. The Bertz CT molecular complexity index is 1010. The van der Waals surface area contributed by atoms with Crippen LogP contribution in [-0.4, -0.2) is 24.1 Å². The van der Waals surface area contributed by atoms with Gasteiger partial charge in [0.25, 0.3) is 11.8 Å². The van der Waals surface area contributed by atoms with Crippen LogP contribution in [0.15, 0.2) is 84.0 Å². The molecule has 0 unspecified atom stereocenters. The minimum Gasteiger partial charge on any atom is -0.481 e. The number of carbonyl (C=O) groups excluding carboxylic acids is 2. The summed E-state index contributed by atoms with van der Waals surface area (Å²) in [4.78, 5) is 24.2. The largest absolute Gasteiger partial charge is 0.481 e. The fourth-order valence-corrected chi connectivity index (χ4v) is 2.95.